The smallest absolute Gasteiger partial charge is 0.319 e. The first kappa shape index (κ1) is 22.2. The SMILES string of the molecule is COc1ccc(NC(=O)NCc2ccc(CN3CCc4ccccc43)cc2)cc1NC(C)=O. The lowest BCUT2D eigenvalue weighted by atomic mass is 10.1. The summed E-state index contributed by atoms with van der Waals surface area (Å²) in [6, 6.07) is 21.6. The Morgan fingerprint density at radius 1 is 0.970 bits per heavy atom. The average molecular weight is 445 g/mol. The molecule has 0 radical (unpaired) electrons. The second-order valence-electron chi connectivity index (χ2n) is 8.02. The molecule has 0 spiro atoms. The van der Waals surface area contributed by atoms with Crippen LogP contribution in [-0.2, 0) is 24.3 Å². The van der Waals surface area contributed by atoms with E-state index >= 15 is 0 Å². The van der Waals surface area contributed by atoms with E-state index in [1.54, 1.807) is 18.2 Å². The Balaban J connectivity index is 1.30. The third-order valence-corrected chi connectivity index (χ3v) is 5.60. The van der Waals surface area contributed by atoms with Crippen molar-refractivity contribution in [1.82, 2.24) is 5.32 Å². The van der Waals surface area contributed by atoms with Gasteiger partial charge < -0.3 is 25.6 Å². The standard InChI is InChI=1S/C26H28N4O3/c1-18(31)28-23-15-22(11-12-25(23)33-2)29-26(32)27-16-19-7-9-20(10-8-19)17-30-14-13-21-5-3-4-6-24(21)30/h3-12,15H,13-14,16-17H2,1-2H3,(H,28,31)(H2,27,29,32). The zero-order valence-electron chi connectivity index (χ0n) is 18.9. The molecule has 1 heterocycles. The van der Waals surface area contributed by atoms with E-state index < -0.39 is 0 Å². The fourth-order valence-corrected chi connectivity index (χ4v) is 3.98. The molecular formula is C26H28N4O3. The number of hydrogen-bond donors (Lipinski definition) is 3. The van der Waals surface area contributed by atoms with Crippen LogP contribution in [-0.4, -0.2) is 25.6 Å². The number of carbonyl (C=O) groups is 2. The molecule has 7 nitrogen and oxygen atoms in total. The van der Waals surface area contributed by atoms with Crippen LogP contribution in [0.2, 0.25) is 0 Å². The van der Waals surface area contributed by atoms with Crippen molar-refractivity contribution in [2.24, 2.45) is 0 Å². The summed E-state index contributed by atoms with van der Waals surface area (Å²) < 4.78 is 5.23. The Morgan fingerprint density at radius 3 is 2.48 bits per heavy atom. The summed E-state index contributed by atoms with van der Waals surface area (Å²) in [4.78, 5) is 26.1. The number of nitrogens with one attached hydrogen (secondary N) is 3. The number of benzene rings is 3. The first-order valence-electron chi connectivity index (χ1n) is 10.9. The first-order valence-corrected chi connectivity index (χ1v) is 10.9. The van der Waals surface area contributed by atoms with Crippen molar-refractivity contribution in [3.8, 4) is 5.75 Å². The van der Waals surface area contributed by atoms with Crippen LogP contribution in [0.1, 0.15) is 23.6 Å². The van der Waals surface area contributed by atoms with Crippen molar-refractivity contribution >= 4 is 29.0 Å². The molecule has 0 aliphatic carbocycles. The number of para-hydroxylation sites is 1. The minimum atomic E-state index is -0.327. The molecule has 3 aromatic carbocycles. The van der Waals surface area contributed by atoms with Crippen LogP contribution in [0.25, 0.3) is 0 Å². The highest BCUT2D eigenvalue weighted by atomic mass is 16.5. The normalized spacial score (nSPS) is 12.1. The molecule has 1 aliphatic heterocycles. The van der Waals surface area contributed by atoms with Gasteiger partial charge in [0, 0.05) is 37.9 Å². The monoisotopic (exact) mass is 444 g/mol. The van der Waals surface area contributed by atoms with Crippen molar-refractivity contribution in [3.63, 3.8) is 0 Å². The summed E-state index contributed by atoms with van der Waals surface area (Å²) >= 11 is 0. The number of anilines is 3. The fourth-order valence-electron chi connectivity index (χ4n) is 3.98. The third-order valence-electron chi connectivity index (χ3n) is 5.60. The molecule has 3 N–H and O–H groups in total. The maximum atomic E-state index is 12.3. The van der Waals surface area contributed by atoms with Gasteiger partial charge in [-0.15, -0.1) is 0 Å². The van der Waals surface area contributed by atoms with Gasteiger partial charge in [-0.2, -0.15) is 0 Å². The first-order chi connectivity index (χ1) is 16.0. The molecule has 0 saturated carbocycles. The number of urea groups is 1. The van der Waals surface area contributed by atoms with Crippen LogP contribution in [0.4, 0.5) is 21.9 Å². The molecule has 33 heavy (non-hydrogen) atoms. The van der Waals surface area contributed by atoms with Crippen LogP contribution in [0, 0.1) is 0 Å². The molecule has 0 saturated heterocycles. The molecule has 0 aromatic heterocycles. The van der Waals surface area contributed by atoms with Gasteiger partial charge in [0.15, 0.2) is 0 Å². The maximum absolute atomic E-state index is 12.3. The predicted molar refractivity (Wildman–Crippen MR) is 131 cm³/mol. The summed E-state index contributed by atoms with van der Waals surface area (Å²) in [6.45, 7) is 3.74. The topological polar surface area (TPSA) is 82.7 Å². The summed E-state index contributed by atoms with van der Waals surface area (Å²) in [7, 11) is 1.52. The number of hydrogen-bond acceptors (Lipinski definition) is 4. The van der Waals surface area contributed by atoms with E-state index in [1.165, 1.54) is 30.8 Å². The van der Waals surface area contributed by atoms with Gasteiger partial charge in [0.05, 0.1) is 12.8 Å². The Bertz CT molecular complexity index is 1140. The molecule has 0 fully saturated rings. The van der Waals surface area contributed by atoms with Crippen molar-refractivity contribution in [1.29, 1.82) is 0 Å². The second kappa shape index (κ2) is 10.1. The van der Waals surface area contributed by atoms with E-state index in [4.69, 9.17) is 4.74 Å². The third kappa shape index (κ3) is 5.63. The van der Waals surface area contributed by atoms with Crippen LogP contribution >= 0.6 is 0 Å². The Kier molecular flexibility index (Phi) is 6.78. The Morgan fingerprint density at radius 2 is 1.73 bits per heavy atom. The molecule has 170 valence electrons. The average Bonchev–Trinajstić information content (AvgIpc) is 3.21. The van der Waals surface area contributed by atoms with Gasteiger partial charge in [0.25, 0.3) is 0 Å². The largest absolute Gasteiger partial charge is 0.495 e. The van der Waals surface area contributed by atoms with E-state index in [1.807, 2.05) is 12.1 Å². The van der Waals surface area contributed by atoms with E-state index in [-0.39, 0.29) is 11.9 Å². The summed E-state index contributed by atoms with van der Waals surface area (Å²) in [5.41, 5.74) is 6.04. The molecule has 1 aliphatic rings. The van der Waals surface area contributed by atoms with Gasteiger partial charge in [0.1, 0.15) is 5.75 Å². The zero-order chi connectivity index (χ0) is 23.2. The number of amides is 3. The van der Waals surface area contributed by atoms with Crippen LogP contribution < -0.4 is 25.6 Å². The lowest BCUT2D eigenvalue weighted by Gasteiger charge is -2.19. The quantitative estimate of drug-likeness (QED) is 0.500. The highest BCUT2D eigenvalue weighted by molar-refractivity contribution is 5.94. The molecule has 7 heteroatoms. The lowest BCUT2D eigenvalue weighted by molar-refractivity contribution is -0.114. The van der Waals surface area contributed by atoms with Gasteiger partial charge in [-0.25, -0.2) is 4.79 Å². The van der Waals surface area contributed by atoms with Crippen molar-refractivity contribution in [2.45, 2.75) is 26.4 Å². The van der Waals surface area contributed by atoms with Crippen LogP contribution in [0.15, 0.2) is 66.7 Å². The van der Waals surface area contributed by atoms with E-state index in [0.717, 1.165) is 25.1 Å². The number of rotatable bonds is 7. The van der Waals surface area contributed by atoms with E-state index in [9.17, 15) is 9.59 Å². The zero-order valence-corrected chi connectivity index (χ0v) is 18.9. The van der Waals surface area contributed by atoms with Crippen LogP contribution in [0.3, 0.4) is 0 Å². The highest BCUT2D eigenvalue weighted by Crippen LogP contribution is 2.29. The molecule has 0 atom stereocenters. The van der Waals surface area contributed by atoms with Gasteiger partial charge in [-0.3, -0.25) is 4.79 Å². The minimum absolute atomic E-state index is 0.215. The molecular weight excluding hydrogens is 416 g/mol. The lowest BCUT2D eigenvalue weighted by Crippen LogP contribution is -2.28. The van der Waals surface area contributed by atoms with Gasteiger partial charge in [-0.05, 0) is 47.4 Å². The summed E-state index contributed by atoms with van der Waals surface area (Å²) in [5.74, 6) is 0.306. The van der Waals surface area contributed by atoms with Gasteiger partial charge in [0.2, 0.25) is 5.91 Å². The van der Waals surface area contributed by atoms with E-state index in [0.29, 0.717) is 23.7 Å². The van der Waals surface area contributed by atoms with Crippen molar-refractivity contribution in [2.75, 3.05) is 29.2 Å². The number of methoxy groups -OCH3 is 1. The predicted octanol–water partition coefficient (Wildman–Crippen LogP) is 4.54. The summed E-state index contributed by atoms with van der Waals surface area (Å²) in [5, 5.41) is 8.34. The van der Waals surface area contributed by atoms with Gasteiger partial charge in [-0.1, -0.05) is 42.5 Å². The fraction of sp³-hybridized carbons (Fsp3) is 0.231. The van der Waals surface area contributed by atoms with Gasteiger partial charge >= 0.3 is 6.03 Å². The maximum Gasteiger partial charge on any atom is 0.319 e. The van der Waals surface area contributed by atoms with Crippen molar-refractivity contribution < 1.29 is 14.3 Å². The molecule has 0 unspecified atom stereocenters. The number of ether oxygens (including phenoxy) is 1. The molecule has 4 rings (SSSR count). The molecule has 0 bridgehead atoms. The summed E-state index contributed by atoms with van der Waals surface area (Å²) in [6.07, 6.45) is 1.09. The number of carbonyl (C=O) groups excluding carboxylic acids is 2. The van der Waals surface area contributed by atoms with E-state index in [2.05, 4.69) is 57.2 Å². The van der Waals surface area contributed by atoms with Crippen LogP contribution in [0.5, 0.6) is 5.75 Å². The Hall–Kier alpha value is -4.00. The minimum Gasteiger partial charge on any atom is -0.495 e. The highest BCUT2D eigenvalue weighted by Gasteiger charge is 2.18. The second-order valence-corrected chi connectivity index (χ2v) is 8.02. The number of fused-ring (bicyclic) bond motifs is 1. The molecule has 3 amide bonds. The Labute approximate surface area is 193 Å². The number of nitrogens with zero attached hydrogens (tertiary/aromatic N) is 1. The van der Waals surface area contributed by atoms with Crippen molar-refractivity contribution in [3.05, 3.63) is 83.4 Å². The molecule has 3 aromatic rings.